The number of nitrogens with one attached hydrogen (secondary N) is 2. The van der Waals surface area contributed by atoms with E-state index in [9.17, 15) is 10.1 Å². The highest BCUT2D eigenvalue weighted by Gasteiger charge is 2.30. The molecule has 6 heteroatoms. The Labute approximate surface area is 115 Å². The fourth-order valence-electron chi connectivity index (χ4n) is 1.31. The Balaban J connectivity index is 4.79. The van der Waals surface area contributed by atoms with Gasteiger partial charge in [0.2, 0.25) is 0 Å². The summed E-state index contributed by atoms with van der Waals surface area (Å²) >= 11 is 0. The van der Waals surface area contributed by atoms with Gasteiger partial charge in [-0.25, -0.2) is 5.43 Å². The van der Waals surface area contributed by atoms with Gasteiger partial charge in [-0.05, 0) is 41.5 Å². The van der Waals surface area contributed by atoms with Crippen LogP contribution in [0, 0.1) is 11.3 Å². The molecular formula is C13H25N5O. The average molecular weight is 267 g/mol. The van der Waals surface area contributed by atoms with Crippen LogP contribution in [0.2, 0.25) is 0 Å². The zero-order chi connectivity index (χ0) is 15.1. The van der Waals surface area contributed by atoms with Gasteiger partial charge in [0.05, 0.1) is 18.2 Å². The summed E-state index contributed by atoms with van der Waals surface area (Å²) < 4.78 is 0. The van der Waals surface area contributed by atoms with Crippen LogP contribution in [0.1, 0.15) is 48.0 Å². The quantitative estimate of drug-likeness (QED) is 0.520. The summed E-state index contributed by atoms with van der Waals surface area (Å²) in [5, 5.41) is 17.3. The van der Waals surface area contributed by atoms with Crippen LogP contribution in [0.25, 0.3) is 0 Å². The van der Waals surface area contributed by atoms with Gasteiger partial charge in [-0.1, -0.05) is 0 Å². The molecule has 108 valence electrons. The second-order valence-electron chi connectivity index (χ2n) is 5.51. The highest BCUT2D eigenvalue weighted by atomic mass is 16.1. The third-order valence-corrected chi connectivity index (χ3v) is 2.39. The lowest BCUT2D eigenvalue weighted by Gasteiger charge is -2.24. The van der Waals surface area contributed by atoms with Gasteiger partial charge in [-0.2, -0.15) is 15.5 Å². The van der Waals surface area contributed by atoms with Gasteiger partial charge in [-0.15, -0.1) is 0 Å². The van der Waals surface area contributed by atoms with E-state index in [0.717, 1.165) is 0 Å². The summed E-state index contributed by atoms with van der Waals surface area (Å²) in [6.45, 7) is 10.9. The molecule has 0 rings (SSSR count). The fraction of sp³-hybridized carbons (Fsp3) is 0.846. The SMILES string of the molecule is CC(=O)C(CC(C)(C#N)N=NC(C)C)NNC(C)C. The topological polar surface area (TPSA) is 89.6 Å². The van der Waals surface area contributed by atoms with Crippen LogP contribution in [0.15, 0.2) is 10.2 Å². The lowest BCUT2D eigenvalue weighted by molar-refractivity contribution is -0.119. The van der Waals surface area contributed by atoms with E-state index in [2.05, 4.69) is 27.1 Å². The molecule has 2 atom stereocenters. The Kier molecular flexibility index (Phi) is 7.42. The molecule has 0 aromatic heterocycles. The lowest BCUT2D eigenvalue weighted by atomic mass is 9.94. The highest BCUT2D eigenvalue weighted by molar-refractivity contribution is 5.81. The van der Waals surface area contributed by atoms with Crippen molar-refractivity contribution in [2.45, 2.75) is 71.6 Å². The predicted molar refractivity (Wildman–Crippen MR) is 74.5 cm³/mol. The number of carbonyl (C=O) groups is 1. The van der Waals surface area contributed by atoms with Crippen LogP contribution in [0.5, 0.6) is 0 Å². The first-order valence-corrected chi connectivity index (χ1v) is 6.55. The van der Waals surface area contributed by atoms with Crippen molar-refractivity contribution in [2.24, 2.45) is 10.2 Å². The monoisotopic (exact) mass is 267 g/mol. The molecule has 0 heterocycles. The molecule has 2 N–H and O–H groups in total. The number of Topliss-reactive ketones (excluding diaryl/α,β-unsaturated/α-hetero) is 1. The van der Waals surface area contributed by atoms with Crippen LogP contribution in [-0.2, 0) is 4.79 Å². The second kappa shape index (κ2) is 7.97. The molecule has 19 heavy (non-hydrogen) atoms. The molecule has 0 aromatic rings. The van der Waals surface area contributed by atoms with Gasteiger partial charge in [0.25, 0.3) is 0 Å². The Morgan fingerprint density at radius 1 is 1.32 bits per heavy atom. The molecule has 0 fully saturated rings. The van der Waals surface area contributed by atoms with Gasteiger partial charge in [0.15, 0.2) is 5.54 Å². The number of nitriles is 1. The molecule has 0 spiro atoms. The number of rotatable bonds is 8. The summed E-state index contributed by atoms with van der Waals surface area (Å²) in [4.78, 5) is 11.6. The number of nitrogens with zero attached hydrogens (tertiary/aromatic N) is 3. The number of azo groups is 1. The van der Waals surface area contributed by atoms with Gasteiger partial charge in [-0.3, -0.25) is 10.2 Å². The summed E-state index contributed by atoms with van der Waals surface area (Å²) in [5.41, 5.74) is 4.94. The van der Waals surface area contributed by atoms with Crippen molar-refractivity contribution in [3.8, 4) is 6.07 Å². The Morgan fingerprint density at radius 3 is 2.26 bits per heavy atom. The second-order valence-corrected chi connectivity index (χ2v) is 5.51. The van der Waals surface area contributed by atoms with Crippen molar-refractivity contribution in [2.75, 3.05) is 0 Å². The number of hydrogen-bond acceptors (Lipinski definition) is 6. The highest BCUT2D eigenvalue weighted by Crippen LogP contribution is 2.18. The molecule has 0 saturated carbocycles. The van der Waals surface area contributed by atoms with Gasteiger partial charge >= 0.3 is 0 Å². The molecule has 0 radical (unpaired) electrons. The van der Waals surface area contributed by atoms with Crippen LogP contribution in [0.3, 0.4) is 0 Å². The molecule has 0 aliphatic rings. The summed E-state index contributed by atoms with van der Waals surface area (Å²) in [6.07, 6.45) is 0.286. The van der Waals surface area contributed by atoms with E-state index in [-0.39, 0.29) is 24.3 Å². The summed E-state index contributed by atoms with van der Waals surface area (Å²) in [6, 6.07) is 1.90. The third kappa shape index (κ3) is 7.65. The van der Waals surface area contributed by atoms with Crippen LogP contribution < -0.4 is 10.9 Å². The molecular weight excluding hydrogens is 242 g/mol. The minimum absolute atomic E-state index is 0.0326. The number of carbonyl (C=O) groups excluding carboxylic acids is 1. The minimum atomic E-state index is -0.994. The van der Waals surface area contributed by atoms with Crippen molar-refractivity contribution in [1.82, 2.24) is 10.9 Å². The van der Waals surface area contributed by atoms with E-state index in [1.165, 1.54) is 6.92 Å². The van der Waals surface area contributed by atoms with Crippen molar-refractivity contribution in [3.63, 3.8) is 0 Å². The first kappa shape index (κ1) is 17.7. The molecule has 0 amide bonds. The van der Waals surface area contributed by atoms with Crippen molar-refractivity contribution in [1.29, 1.82) is 5.26 Å². The van der Waals surface area contributed by atoms with E-state index >= 15 is 0 Å². The van der Waals surface area contributed by atoms with Crippen molar-refractivity contribution in [3.05, 3.63) is 0 Å². The molecule has 0 aromatic carbocycles. The first-order valence-electron chi connectivity index (χ1n) is 6.55. The van der Waals surface area contributed by atoms with Gasteiger partial charge in [0, 0.05) is 12.5 Å². The number of hydrogen-bond donors (Lipinski definition) is 2. The Hall–Kier alpha value is -1.32. The zero-order valence-corrected chi connectivity index (χ0v) is 12.7. The van der Waals surface area contributed by atoms with E-state index in [0.29, 0.717) is 0 Å². The Bertz CT molecular complexity index is 359. The molecule has 2 unspecified atom stereocenters. The van der Waals surface area contributed by atoms with E-state index in [1.54, 1.807) is 6.92 Å². The molecule has 6 nitrogen and oxygen atoms in total. The van der Waals surface area contributed by atoms with E-state index in [4.69, 9.17) is 0 Å². The predicted octanol–water partition coefficient (Wildman–Crippen LogP) is 1.98. The smallest absolute Gasteiger partial charge is 0.166 e. The van der Waals surface area contributed by atoms with Crippen molar-refractivity contribution >= 4 is 5.78 Å². The van der Waals surface area contributed by atoms with E-state index in [1.807, 2.05) is 27.7 Å². The lowest BCUT2D eigenvalue weighted by Crippen LogP contribution is -2.50. The molecule has 0 aliphatic heterocycles. The largest absolute Gasteiger partial charge is 0.298 e. The molecule has 0 saturated heterocycles. The average Bonchev–Trinajstić information content (AvgIpc) is 2.31. The van der Waals surface area contributed by atoms with Gasteiger partial charge < -0.3 is 0 Å². The van der Waals surface area contributed by atoms with Crippen LogP contribution in [-0.4, -0.2) is 29.4 Å². The maximum atomic E-state index is 11.6. The molecule has 0 aliphatic carbocycles. The normalized spacial score (nSPS) is 16.6. The molecule has 0 bridgehead atoms. The van der Waals surface area contributed by atoms with Gasteiger partial charge in [0.1, 0.15) is 5.78 Å². The van der Waals surface area contributed by atoms with Crippen molar-refractivity contribution < 1.29 is 4.79 Å². The number of hydrazine groups is 1. The van der Waals surface area contributed by atoms with Crippen LogP contribution in [0.4, 0.5) is 0 Å². The summed E-state index contributed by atoms with van der Waals surface area (Å²) in [7, 11) is 0. The fourth-order valence-corrected chi connectivity index (χ4v) is 1.31. The standard InChI is InChI=1S/C13H25N5O/c1-9(2)15-17-12(11(5)19)7-13(6,8-14)18-16-10(3)4/h9-10,12,15,17H,7H2,1-6H3. The maximum Gasteiger partial charge on any atom is 0.166 e. The Morgan fingerprint density at radius 2 is 1.89 bits per heavy atom. The zero-order valence-electron chi connectivity index (χ0n) is 12.7. The number of ketones is 1. The summed E-state index contributed by atoms with van der Waals surface area (Å²) in [5.74, 6) is -0.0330. The maximum absolute atomic E-state index is 11.6. The van der Waals surface area contributed by atoms with E-state index < -0.39 is 11.6 Å². The third-order valence-electron chi connectivity index (χ3n) is 2.39. The minimum Gasteiger partial charge on any atom is -0.298 e. The van der Waals surface area contributed by atoms with Crippen LogP contribution >= 0.6 is 0 Å². The first-order chi connectivity index (χ1) is 8.70.